The van der Waals surface area contributed by atoms with Crippen molar-refractivity contribution in [3.8, 4) is 0 Å². The number of aromatic nitrogens is 5. The Kier molecular flexibility index (Phi) is 3.63. The number of benzene rings is 1. The highest BCUT2D eigenvalue weighted by Gasteiger charge is 2.24. The van der Waals surface area contributed by atoms with Gasteiger partial charge in [0.2, 0.25) is 0 Å². The standard InChI is InChI=1S/C14H15N5O2/c1-2-21-13(20)7-10(14-16-18-19-17-14)11-8-15-12-6-4-3-5-9(11)12/h3-6,8,10,15H,2,7H2,1H3,(H,16,17,18,19). The van der Waals surface area contributed by atoms with Gasteiger partial charge in [-0.3, -0.25) is 4.79 Å². The zero-order chi connectivity index (χ0) is 14.7. The van der Waals surface area contributed by atoms with Crippen LogP contribution in [0.5, 0.6) is 0 Å². The lowest BCUT2D eigenvalue weighted by atomic mass is 9.94. The predicted octanol–water partition coefficient (Wildman–Crippen LogP) is 1.77. The Labute approximate surface area is 120 Å². The van der Waals surface area contributed by atoms with Crippen molar-refractivity contribution in [2.45, 2.75) is 19.3 Å². The van der Waals surface area contributed by atoms with E-state index in [0.29, 0.717) is 12.4 Å². The number of nitrogens with zero attached hydrogens (tertiary/aromatic N) is 3. The number of esters is 1. The number of carbonyl (C=O) groups excluding carboxylic acids is 1. The summed E-state index contributed by atoms with van der Waals surface area (Å²) in [5, 5.41) is 14.9. The van der Waals surface area contributed by atoms with Gasteiger partial charge in [-0.1, -0.05) is 18.2 Å². The van der Waals surface area contributed by atoms with Crippen molar-refractivity contribution in [3.63, 3.8) is 0 Å². The molecule has 2 aromatic heterocycles. The molecule has 0 saturated heterocycles. The average molecular weight is 285 g/mol. The third kappa shape index (κ3) is 2.62. The van der Waals surface area contributed by atoms with Crippen LogP contribution in [-0.4, -0.2) is 38.2 Å². The molecule has 1 aromatic carbocycles. The van der Waals surface area contributed by atoms with Gasteiger partial charge >= 0.3 is 5.97 Å². The Morgan fingerprint density at radius 1 is 1.38 bits per heavy atom. The monoisotopic (exact) mass is 285 g/mol. The van der Waals surface area contributed by atoms with Gasteiger partial charge in [-0.15, -0.1) is 5.10 Å². The van der Waals surface area contributed by atoms with E-state index in [2.05, 4.69) is 25.6 Å². The number of aromatic amines is 2. The Hall–Kier alpha value is -2.70. The van der Waals surface area contributed by atoms with E-state index < -0.39 is 0 Å². The second-order valence-corrected chi connectivity index (χ2v) is 4.64. The molecule has 3 rings (SSSR count). The van der Waals surface area contributed by atoms with Crippen molar-refractivity contribution in [3.05, 3.63) is 41.9 Å². The van der Waals surface area contributed by atoms with E-state index in [9.17, 15) is 4.79 Å². The van der Waals surface area contributed by atoms with Gasteiger partial charge in [-0.2, -0.15) is 0 Å². The molecule has 0 radical (unpaired) electrons. The molecular weight excluding hydrogens is 270 g/mol. The summed E-state index contributed by atoms with van der Waals surface area (Å²) < 4.78 is 5.05. The quantitative estimate of drug-likeness (QED) is 0.696. The van der Waals surface area contributed by atoms with Gasteiger partial charge in [0.15, 0.2) is 5.82 Å². The SMILES string of the molecule is CCOC(=O)CC(c1nnn[nH]1)c1c[nH]c2ccccc12. The summed E-state index contributed by atoms with van der Waals surface area (Å²) in [4.78, 5) is 15.1. The molecule has 2 N–H and O–H groups in total. The van der Waals surface area contributed by atoms with Crippen molar-refractivity contribution in [2.24, 2.45) is 0 Å². The molecular formula is C14H15N5O2. The minimum Gasteiger partial charge on any atom is -0.466 e. The molecule has 7 heteroatoms. The molecule has 2 heterocycles. The number of para-hydroxylation sites is 1. The second kappa shape index (κ2) is 5.74. The minimum atomic E-state index is -0.274. The number of hydrogen-bond donors (Lipinski definition) is 2. The van der Waals surface area contributed by atoms with Crippen LogP contribution in [-0.2, 0) is 9.53 Å². The zero-order valence-electron chi connectivity index (χ0n) is 11.5. The molecule has 1 atom stereocenters. The van der Waals surface area contributed by atoms with Crippen LogP contribution in [0.25, 0.3) is 10.9 Å². The van der Waals surface area contributed by atoms with Crippen LogP contribution >= 0.6 is 0 Å². The van der Waals surface area contributed by atoms with Gasteiger partial charge in [0.25, 0.3) is 0 Å². The van der Waals surface area contributed by atoms with Crippen molar-refractivity contribution >= 4 is 16.9 Å². The normalized spacial score (nSPS) is 12.4. The largest absolute Gasteiger partial charge is 0.466 e. The van der Waals surface area contributed by atoms with Crippen LogP contribution in [0.15, 0.2) is 30.5 Å². The molecule has 0 aliphatic rings. The molecule has 0 bridgehead atoms. The average Bonchev–Trinajstić information content (AvgIpc) is 3.15. The molecule has 0 saturated carbocycles. The fourth-order valence-electron chi connectivity index (χ4n) is 2.44. The molecule has 0 aliphatic carbocycles. The first-order chi connectivity index (χ1) is 10.3. The predicted molar refractivity (Wildman–Crippen MR) is 75.6 cm³/mol. The number of fused-ring (bicyclic) bond motifs is 1. The van der Waals surface area contributed by atoms with E-state index in [1.807, 2.05) is 30.5 Å². The molecule has 7 nitrogen and oxygen atoms in total. The summed E-state index contributed by atoms with van der Waals surface area (Å²) >= 11 is 0. The highest BCUT2D eigenvalue weighted by molar-refractivity contribution is 5.85. The number of tetrazole rings is 1. The van der Waals surface area contributed by atoms with Crippen LogP contribution < -0.4 is 0 Å². The van der Waals surface area contributed by atoms with E-state index in [4.69, 9.17) is 4.74 Å². The Bertz CT molecular complexity index is 735. The molecule has 108 valence electrons. The Balaban J connectivity index is 2.01. The van der Waals surface area contributed by atoms with Crippen LogP contribution in [0.2, 0.25) is 0 Å². The lowest BCUT2D eigenvalue weighted by molar-refractivity contribution is -0.143. The summed E-state index contributed by atoms with van der Waals surface area (Å²) in [7, 11) is 0. The number of hydrogen-bond acceptors (Lipinski definition) is 5. The number of H-pyrrole nitrogens is 2. The van der Waals surface area contributed by atoms with Crippen LogP contribution in [0.1, 0.15) is 30.7 Å². The highest BCUT2D eigenvalue weighted by Crippen LogP contribution is 2.31. The van der Waals surface area contributed by atoms with Crippen molar-refractivity contribution in [1.29, 1.82) is 0 Å². The first-order valence-corrected chi connectivity index (χ1v) is 6.75. The third-order valence-electron chi connectivity index (χ3n) is 3.36. The lowest BCUT2D eigenvalue weighted by Crippen LogP contribution is -2.12. The molecule has 0 amide bonds. The Morgan fingerprint density at radius 2 is 2.24 bits per heavy atom. The number of nitrogens with one attached hydrogen (secondary N) is 2. The molecule has 0 fully saturated rings. The summed E-state index contributed by atoms with van der Waals surface area (Å²) in [5.41, 5.74) is 1.98. The topological polar surface area (TPSA) is 96.5 Å². The maximum absolute atomic E-state index is 11.9. The fourth-order valence-corrected chi connectivity index (χ4v) is 2.44. The first kappa shape index (κ1) is 13.3. The van der Waals surface area contributed by atoms with Crippen molar-refractivity contribution in [2.75, 3.05) is 6.61 Å². The van der Waals surface area contributed by atoms with Crippen LogP contribution in [0.4, 0.5) is 0 Å². The molecule has 0 spiro atoms. The number of ether oxygens (including phenoxy) is 1. The maximum Gasteiger partial charge on any atom is 0.306 e. The summed E-state index contributed by atoms with van der Waals surface area (Å²) in [6.07, 6.45) is 2.07. The van der Waals surface area contributed by atoms with Gasteiger partial charge < -0.3 is 9.72 Å². The van der Waals surface area contributed by atoms with Gasteiger partial charge in [0.1, 0.15) is 0 Å². The maximum atomic E-state index is 11.9. The number of carbonyl (C=O) groups is 1. The first-order valence-electron chi connectivity index (χ1n) is 6.75. The molecule has 0 aliphatic heterocycles. The third-order valence-corrected chi connectivity index (χ3v) is 3.36. The lowest BCUT2D eigenvalue weighted by Gasteiger charge is -2.12. The number of rotatable bonds is 5. The van der Waals surface area contributed by atoms with E-state index >= 15 is 0 Å². The minimum absolute atomic E-state index is 0.187. The molecule has 21 heavy (non-hydrogen) atoms. The summed E-state index contributed by atoms with van der Waals surface area (Å²) in [6, 6.07) is 7.90. The highest BCUT2D eigenvalue weighted by atomic mass is 16.5. The molecule has 3 aromatic rings. The van der Waals surface area contributed by atoms with Gasteiger partial charge in [0, 0.05) is 17.1 Å². The van der Waals surface area contributed by atoms with Gasteiger partial charge in [0.05, 0.1) is 18.9 Å². The van der Waals surface area contributed by atoms with Crippen LogP contribution in [0.3, 0.4) is 0 Å². The smallest absolute Gasteiger partial charge is 0.306 e. The van der Waals surface area contributed by atoms with E-state index in [1.165, 1.54) is 0 Å². The summed E-state index contributed by atoms with van der Waals surface area (Å²) in [6.45, 7) is 2.14. The van der Waals surface area contributed by atoms with Crippen molar-refractivity contribution in [1.82, 2.24) is 25.6 Å². The Morgan fingerprint density at radius 3 is 3.00 bits per heavy atom. The fraction of sp³-hybridized carbons (Fsp3) is 0.286. The zero-order valence-corrected chi connectivity index (χ0v) is 11.5. The second-order valence-electron chi connectivity index (χ2n) is 4.64. The van der Waals surface area contributed by atoms with Crippen molar-refractivity contribution < 1.29 is 9.53 Å². The van der Waals surface area contributed by atoms with E-state index in [1.54, 1.807) is 6.92 Å². The molecule has 1 unspecified atom stereocenters. The van der Waals surface area contributed by atoms with E-state index in [-0.39, 0.29) is 18.3 Å². The van der Waals surface area contributed by atoms with Gasteiger partial charge in [-0.25, -0.2) is 5.10 Å². The van der Waals surface area contributed by atoms with E-state index in [0.717, 1.165) is 16.5 Å². The van der Waals surface area contributed by atoms with Crippen LogP contribution in [0, 0.1) is 0 Å². The van der Waals surface area contributed by atoms with Gasteiger partial charge in [-0.05, 0) is 29.0 Å². The summed E-state index contributed by atoms with van der Waals surface area (Å²) in [5.74, 6) is 0.00665.